The molecule has 0 unspecified atom stereocenters. The van der Waals surface area contributed by atoms with Gasteiger partial charge in [0.1, 0.15) is 0 Å². The molecule has 1 fully saturated rings. The molecule has 1 heterocycles. The van der Waals surface area contributed by atoms with Crippen molar-refractivity contribution in [2.24, 2.45) is 0 Å². The average Bonchev–Trinajstić information content (AvgIpc) is 2.95. The van der Waals surface area contributed by atoms with Gasteiger partial charge in [-0.2, -0.15) is 5.10 Å². The summed E-state index contributed by atoms with van der Waals surface area (Å²) < 4.78 is 6.83. The van der Waals surface area contributed by atoms with Crippen LogP contribution in [0.2, 0.25) is 0 Å². The minimum absolute atomic E-state index is 0.118. The SMILES string of the molecule is COC(=O)CC1(NCc2ccn(C(C)C)n2)CCCCC1. The quantitative estimate of drug-likeness (QED) is 0.819. The molecular weight excluding hydrogens is 266 g/mol. The van der Waals surface area contributed by atoms with Crippen molar-refractivity contribution in [3.63, 3.8) is 0 Å². The third-order valence-corrected chi connectivity index (χ3v) is 4.36. The molecule has 21 heavy (non-hydrogen) atoms. The fraction of sp³-hybridized carbons (Fsp3) is 0.750. The maximum absolute atomic E-state index is 11.7. The van der Waals surface area contributed by atoms with Crippen molar-refractivity contribution < 1.29 is 9.53 Å². The van der Waals surface area contributed by atoms with E-state index in [1.54, 1.807) is 0 Å². The first kappa shape index (κ1) is 16.0. The highest BCUT2D eigenvalue weighted by Gasteiger charge is 2.34. The van der Waals surface area contributed by atoms with Gasteiger partial charge in [-0.3, -0.25) is 9.48 Å². The van der Waals surface area contributed by atoms with Crippen LogP contribution in [0.1, 0.15) is 64.1 Å². The Balaban J connectivity index is 1.99. The topological polar surface area (TPSA) is 56.1 Å². The maximum atomic E-state index is 11.7. The molecule has 0 amide bonds. The summed E-state index contributed by atoms with van der Waals surface area (Å²) in [5.74, 6) is -0.128. The predicted octanol–water partition coefficient (Wildman–Crippen LogP) is 2.82. The number of nitrogens with one attached hydrogen (secondary N) is 1. The summed E-state index contributed by atoms with van der Waals surface area (Å²) in [6, 6.07) is 2.42. The lowest BCUT2D eigenvalue weighted by atomic mass is 9.79. The lowest BCUT2D eigenvalue weighted by Gasteiger charge is -2.37. The summed E-state index contributed by atoms with van der Waals surface area (Å²) in [5.41, 5.74) is 0.908. The zero-order valence-electron chi connectivity index (χ0n) is 13.4. The van der Waals surface area contributed by atoms with Gasteiger partial charge in [0.15, 0.2) is 0 Å². The van der Waals surface area contributed by atoms with E-state index in [1.807, 2.05) is 16.9 Å². The molecule has 1 saturated carbocycles. The summed E-state index contributed by atoms with van der Waals surface area (Å²) in [7, 11) is 1.46. The molecule has 0 aromatic carbocycles. The number of rotatable bonds is 6. The normalized spacial score (nSPS) is 17.9. The molecule has 1 aliphatic carbocycles. The van der Waals surface area contributed by atoms with Crippen LogP contribution >= 0.6 is 0 Å². The van der Waals surface area contributed by atoms with Gasteiger partial charge in [0.05, 0.1) is 19.2 Å². The highest BCUT2D eigenvalue weighted by atomic mass is 16.5. The number of carbonyl (C=O) groups excluding carboxylic acids is 1. The van der Waals surface area contributed by atoms with Crippen LogP contribution in [-0.4, -0.2) is 28.4 Å². The van der Waals surface area contributed by atoms with Crippen LogP contribution in [0.4, 0.5) is 0 Å². The highest BCUT2D eigenvalue weighted by Crippen LogP contribution is 2.31. The molecule has 1 aromatic heterocycles. The molecule has 0 radical (unpaired) electrons. The van der Waals surface area contributed by atoms with Crippen LogP contribution in [0, 0.1) is 0 Å². The summed E-state index contributed by atoms with van der Waals surface area (Å²) >= 11 is 0. The zero-order valence-corrected chi connectivity index (χ0v) is 13.4. The average molecular weight is 293 g/mol. The van der Waals surface area contributed by atoms with Crippen molar-refractivity contribution in [1.29, 1.82) is 0 Å². The van der Waals surface area contributed by atoms with Crippen molar-refractivity contribution in [2.75, 3.05) is 7.11 Å². The van der Waals surface area contributed by atoms with Crippen molar-refractivity contribution in [1.82, 2.24) is 15.1 Å². The Hall–Kier alpha value is -1.36. The number of esters is 1. The molecule has 0 bridgehead atoms. The highest BCUT2D eigenvalue weighted by molar-refractivity contribution is 5.70. The summed E-state index contributed by atoms with van der Waals surface area (Å²) in [6.45, 7) is 4.94. The van der Waals surface area contributed by atoms with Gasteiger partial charge in [-0.05, 0) is 32.8 Å². The van der Waals surface area contributed by atoms with E-state index >= 15 is 0 Å². The maximum Gasteiger partial charge on any atom is 0.307 e. The fourth-order valence-corrected chi connectivity index (χ4v) is 3.03. The molecule has 118 valence electrons. The smallest absolute Gasteiger partial charge is 0.307 e. The molecule has 1 N–H and O–H groups in total. The minimum Gasteiger partial charge on any atom is -0.469 e. The molecule has 2 rings (SSSR count). The van der Waals surface area contributed by atoms with Crippen LogP contribution in [-0.2, 0) is 16.1 Å². The molecule has 5 nitrogen and oxygen atoms in total. The van der Waals surface area contributed by atoms with Gasteiger partial charge < -0.3 is 10.1 Å². The second-order valence-corrected chi connectivity index (χ2v) is 6.33. The van der Waals surface area contributed by atoms with E-state index in [0.29, 0.717) is 19.0 Å². The number of methoxy groups -OCH3 is 1. The zero-order chi connectivity index (χ0) is 15.3. The number of ether oxygens (including phenoxy) is 1. The largest absolute Gasteiger partial charge is 0.469 e. The molecule has 5 heteroatoms. The molecular formula is C16H27N3O2. The number of nitrogens with zero attached hydrogens (tertiary/aromatic N) is 2. The first-order chi connectivity index (χ1) is 10.0. The number of hydrogen-bond acceptors (Lipinski definition) is 4. The van der Waals surface area contributed by atoms with E-state index in [2.05, 4.69) is 24.3 Å². The van der Waals surface area contributed by atoms with E-state index in [9.17, 15) is 4.79 Å². The van der Waals surface area contributed by atoms with Gasteiger partial charge in [-0.1, -0.05) is 19.3 Å². The van der Waals surface area contributed by atoms with E-state index in [1.165, 1.54) is 26.4 Å². The third-order valence-electron chi connectivity index (χ3n) is 4.36. The fourth-order valence-electron chi connectivity index (χ4n) is 3.03. The second-order valence-electron chi connectivity index (χ2n) is 6.33. The van der Waals surface area contributed by atoms with Gasteiger partial charge in [0.25, 0.3) is 0 Å². The van der Waals surface area contributed by atoms with Crippen molar-refractivity contribution in [3.05, 3.63) is 18.0 Å². The number of aromatic nitrogens is 2. The van der Waals surface area contributed by atoms with E-state index in [4.69, 9.17) is 4.74 Å². The van der Waals surface area contributed by atoms with Crippen molar-refractivity contribution in [3.8, 4) is 0 Å². The van der Waals surface area contributed by atoms with E-state index in [0.717, 1.165) is 18.5 Å². The molecule has 0 spiro atoms. The standard InChI is InChI=1S/C16H27N3O2/c1-13(2)19-10-7-14(18-19)12-17-16(11-15(20)21-3)8-5-4-6-9-16/h7,10,13,17H,4-6,8-9,11-12H2,1-3H3. The summed E-state index contributed by atoms with van der Waals surface area (Å²) in [6.07, 6.45) is 8.13. The first-order valence-corrected chi connectivity index (χ1v) is 7.90. The van der Waals surface area contributed by atoms with Crippen LogP contribution in [0.15, 0.2) is 12.3 Å². The van der Waals surface area contributed by atoms with E-state index in [-0.39, 0.29) is 11.5 Å². The third kappa shape index (κ3) is 4.30. The Morgan fingerprint density at radius 1 is 1.43 bits per heavy atom. The van der Waals surface area contributed by atoms with Gasteiger partial charge in [0.2, 0.25) is 0 Å². The molecule has 1 aliphatic rings. The van der Waals surface area contributed by atoms with Crippen molar-refractivity contribution >= 4 is 5.97 Å². The molecule has 0 atom stereocenters. The van der Waals surface area contributed by atoms with E-state index < -0.39 is 0 Å². The Bertz CT molecular complexity index is 462. The number of hydrogen-bond donors (Lipinski definition) is 1. The lowest BCUT2D eigenvalue weighted by molar-refractivity contribution is -0.142. The van der Waals surface area contributed by atoms with Crippen LogP contribution in [0.5, 0.6) is 0 Å². The predicted molar refractivity (Wildman–Crippen MR) is 81.9 cm³/mol. The van der Waals surface area contributed by atoms with Gasteiger partial charge >= 0.3 is 5.97 Å². The minimum atomic E-state index is -0.128. The van der Waals surface area contributed by atoms with Gasteiger partial charge in [0, 0.05) is 24.3 Å². The Labute approximate surface area is 127 Å². The summed E-state index contributed by atoms with van der Waals surface area (Å²) in [4.78, 5) is 11.7. The Morgan fingerprint density at radius 2 is 2.14 bits per heavy atom. The van der Waals surface area contributed by atoms with Gasteiger partial charge in [-0.15, -0.1) is 0 Å². The Kier molecular flexibility index (Phi) is 5.39. The molecule has 0 aliphatic heterocycles. The lowest BCUT2D eigenvalue weighted by Crippen LogP contribution is -2.48. The van der Waals surface area contributed by atoms with Crippen LogP contribution in [0.25, 0.3) is 0 Å². The van der Waals surface area contributed by atoms with Crippen LogP contribution < -0.4 is 5.32 Å². The monoisotopic (exact) mass is 293 g/mol. The summed E-state index contributed by atoms with van der Waals surface area (Å²) in [5, 5.41) is 8.15. The second kappa shape index (κ2) is 7.07. The number of carbonyl (C=O) groups is 1. The van der Waals surface area contributed by atoms with Crippen LogP contribution in [0.3, 0.4) is 0 Å². The van der Waals surface area contributed by atoms with Crippen molar-refractivity contribution in [2.45, 2.75) is 70.5 Å². The molecule has 1 aromatic rings. The molecule has 0 saturated heterocycles. The van der Waals surface area contributed by atoms with Gasteiger partial charge in [-0.25, -0.2) is 0 Å². The first-order valence-electron chi connectivity index (χ1n) is 7.90. The Morgan fingerprint density at radius 3 is 2.71 bits per heavy atom.